The maximum absolute atomic E-state index is 11.5. The van der Waals surface area contributed by atoms with Crippen LogP contribution in [-0.4, -0.2) is 43.4 Å². The van der Waals surface area contributed by atoms with Crippen molar-refractivity contribution in [3.05, 3.63) is 27.3 Å². The summed E-state index contributed by atoms with van der Waals surface area (Å²) in [6, 6.07) is 0.930. The van der Waals surface area contributed by atoms with E-state index in [0.717, 1.165) is 24.1 Å². The van der Waals surface area contributed by atoms with Gasteiger partial charge in [-0.15, -0.1) is 0 Å². The van der Waals surface area contributed by atoms with Crippen molar-refractivity contribution < 1.29 is 19.1 Å². The van der Waals surface area contributed by atoms with E-state index in [0.29, 0.717) is 23.7 Å². The maximum atomic E-state index is 11.5. The number of nitro groups is 1. The van der Waals surface area contributed by atoms with Crippen LogP contribution in [0.3, 0.4) is 0 Å². The lowest BCUT2D eigenvalue weighted by Gasteiger charge is -2.36. The number of fused-ring (bicyclic) bond motifs is 2. The molecule has 0 aromatic heterocycles. The average molecular weight is 308 g/mol. The van der Waals surface area contributed by atoms with Gasteiger partial charge in [0, 0.05) is 23.5 Å². The number of rotatable bonds is 4. The molecule has 7 heteroatoms. The Morgan fingerprint density at radius 1 is 1.55 bits per heavy atom. The third-order valence-corrected chi connectivity index (χ3v) is 4.51. The highest BCUT2D eigenvalue weighted by atomic mass is 16.7. The van der Waals surface area contributed by atoms with E-state index >= 15 is 0 Å². The molecule has 1 aromatic rings. The first-order valence-corrected chi connectivity index (χ1v) is 7.41. The van der Waals surface area contributed by atoms with Crippen molar-refractivity contribution in [1.82, 2.24) is 4.90 Å². The summed E-state index contributed by atoms with van der Waals surface area (Å²) in [5.41, 5.74) is 1.91. The van der Waals surface area contributed by atoms with Crippen molar-refractivity contribution in [3.8, 4) is 17.2 Å². The minimum Gasteiger partial charge on any atom is -0.492 e. The molecule has 0 saturated heterocycles. The van der Waals surface area contributed by atoms with E-state index in [1.807, 2.05) is 24.9 Å². The number of methoxy groups -OCH3 is 1. The Bertz CT molecular complexity index is 604. The summed E-state index contributed by atoms with van der Waals surface area (Å²) >= 11 is 0. The van der Waals surface area contributed by atoms with E-state index in [-0.39, 0.29) is 17.8 Å². The summed E-state index contributed by atoms with van der Waals surface area (Å²) < 4.78 is 16.5. The van der Waals surface area contributed by atoms with Crippen LogP contribution >= 0.6 is 0 Å². The molecule has 0 radical (unpaired) electrons. The Balaban J connectivity index is 2.18. The largest absolute Gasteiger partial charge is 0.492 e. The van der Waals surface area contributed by atoms with E-state index in [1.165, 1.54) is 0 Å². The van der Waals surface area contributed by atoms with E-state index in [9.17, 15) is 10.1 Å². The summed E-state index contributed by atoms with van der Waals surface area (Å²) in [5.74, 6) is 1.79. The number of likely N-dealkylation sites (N-methyl/N-ethyl adjacent to an activating group) is 1. The zero-order valence-corrected chi connectivity index (χ0v) is 13.0. The molecule has 22 heavy (non-hydrogen) atoms. The van der Waals surface area contributed by atoms with Crippen molar-refractivity contribution in [1.29, 1.82) is 0 Å². The Hall–Kier alpha value is -2.02. The molecule has 2 atom stereocenters. The second-order valence-corrected chi connectivity index (χ2v) is 5.65. The van der Waals surface area contributed by atoms with Crippen LogP contribution in [0.1, 0.15) is 30.5 Å². The molecule has 0 fully saturated rings. The third kappa shape index (κ3) is 2.16. The Morgan fingerprint density at radius 3 is 2.95 bits per heavy atom. The minimum atomic E-state index is -0.682. The van der Waals surface area contributed by atoms with E-state index in [4.69, 9.17) is 14.2 Å². The summed E-state index contributed by atoms with van der Waals surface area (Å²) in [7, 11) is 3.49. The molecular formula is C15H20N2O5. The number of ether oxygens (including phenoxy) is 3. The molecule has 0 aliphatic carbocycles. The summed E-state index contributed by atoms with van der Waals surface area (Å²) in [6.07, 6.45) is 1.27. The fourth-order valence-corrected chi connectivity index (χ4v) is 3.44. The monoisotopic (exact) mass is 308 g/mol. The highest BCUT2D eigenvalue weighted by Crippen LogP contribution is 2.50. The quantitative estimate of drug-likeness (QED) is 0.626. The van der Waals surface area contributed by atoms with Gasteiger partial charge in [0.1, 0.15) is 6.04 Å². The van der Waals surface area contributed by atoms with Gasteiger partial charge in [-0.3, -0.25) is 15.0 Å². The molecule has 120 valence electrons. The standard InChI is InChI=1S/C15H20N2O5/c1-4-10(17(18)19)13-12-9(5-6-16(13)2)7-11-14(15(12)20-3)22-8-21-11/h7,10,13H,4-6,8H2,1-3H3/t10-,13+/m1/s1. The first-order chi connectivity index (χ1) is 10.6. The number of hydrogen-bond acceptors (Lipinski definition) is 6. The Labute approximate surface area is 128 Å². The van der Waals surface area contributed by atoms with Crippen molar-refractivity contribution >= 4 is 0 Å². The van der Waals surface area contributed by atoms with Gasteiger partial charge in [0.25, 0.3) is 0 Å². The van der Waals surface area contributed by atoms with E-state index in [2.05, 4.69) is 0 Å². The number of nitrogens with zero attached hydrogens (tertiary/aromatic N) is 2. The average Bonchev–Trinajstić information content (AvgIpc) is 2.95. The van der Waals surface area contributed by atoms with Crippen molar-refractivity contribution in [2.75, 3.05) is 27.5 Å². The molecule has 0 unspecified atom stereocenters. The van der Waals surface area contributed by atoms with Crippen molar-refractivity contribution in [2.24, 2.45) is 0 Å². The van der Waals surface area contributed by atoms with Gasteiger partial charge in [0.05, 0.1) is 7.11 Å². The zero-order valence-electron chi connectivity index (χ0n) is 13.0. The van der Waals surface area contributed by atoms with E-state index < -0.39 is 6.04 Å². The van der Waals surface area contributed by atoms with Gasteiger partial charge in [0.2, 0.25) is 18.6 Å². The molecule has 0 bridgehead atoms. The van der Waals surface area contributed by atoms with Crippen LogP contribution < -0.4 is 14.2 Å². The van der Waals surface area contributed by atoms with Crippen LogP contribution in [0.2, 0.25) is 0 Å². The van der Waals surface area contributed by atoms with Gasteiger partial charge in [-0.05, 0) is 25.1 Å². The molecule has 2 aliphatic rings. The predicted molar refractivity (Wildman–Crippen MR) is 79.3 cm³/mol. The first-order valence-electron chi connectivity index (χ1n) is 7.41. The Morgan fingerprint density at radius 2 is 2.32 bits per heavy atom. The zero-order chi connectivity index (χ0) is 15.9. The SMILES string of the molecule is CC[C@H]([C@H]1c2c(cc3c(c2OC)OCO3)CCN1C)[N+](=O)[O-]. The van der Waals surface area contributed by atoms with Crippen LogP contribution in [0, 0.1) is 10.1 Å². The molecule has 0 saturated carbocycles. The molecule has 0 spiro atoms. The molecule has 1 aromatic carbocycles. The lowest BCUT2D eigenvalue weighted by atomic mass is 9.86. The highest BCUT2D eigenvalue weighted by Gasteiger charge is 2.42. The first kappa shape index (κ1) is 14.9. The second kappa shape index (κ2) is 5.64. The second-order valence-electron chi connectivity index (χ2n) is 5.65. The minimum absolute atomic E-state index is 0.154. The normalized spacial score (nSPS) is 21.3. The molecule has 0 N–H and O–H groups in total. The van der Waals surface area contributed by atoms with Gasteiger partial charge >= 0.3 is 0 Å². The Kier molecular flexibility index (Phi) is 3.82. The summed E-state index contributed by atoms with van der Waals surface area (Å²) in [6.45, 7) is 2.77. The van der Waals surface area contributed by atoms with E-state index in [1.54, 1.807) is 7.11 Å². The fourth-order valence-electron chi connectivity index (χ4n) is 3.44. The third-order valence-electron chi connectivity index (χ3n) is 4.51. The lowest BCUT2D eigenvalue weighted by Crippen LogP contribution is -2.42. The summed E-state index contributed by atoms with van der Waals surface area (Å²) in [5, 5.41) is 11.5. The lowest BCUT2D eigenvalue weighted by molar-refractivity contribution is -0.532. The molecule has 7 nitrogen and oxygen atoms in total. The fraction of sp³-hybridized carbons (Fsp3) is 0.600. The van der Waals surface area contributed by atoms with Gasteiger partial charge in [-0.25, -0.2) is 0 Å². The topological polar surface area (TPSA) is 74.1 Å². The van der Waals surface area contributed by atoms with Gasteiger partial charge in [0.15, 0.2) is 11.5 Å². The predicted octanol–water partition coefficient (Wildman–Crippen LogP) is 2.01. The van der Waals surface area contributed by atoms with Crippen molar-refractivity contribution in [2.45, 2.75) is 31.8 Å². The molecule has 0 amide bonds. The van der Waals surface area contributed by atoms with Crippen LogP contribution in [0.15, 0.2) is 6.07 Å². The van der Waals surface area contributed by atoms with Crippen LogP contribution in [0.25, 0.3) is 0 Å². The molecule has 2 aliphatic heterocycles. The number of hydrogen-bond donors (Lipinski definition) is 0. The van der Waals surface area contributed by atoms with Gasteiger partial charge < -0.3 is 14.2 Å². The van der Waals surface area contributed by atoms with Crippen LogP contribution in [0.4, 0.5) is 0 Å². The van der Waals surface area contributed by atoms with Gasteiger partial charge in [-0.2, -0.15) is 0 Å². The van der Waals surface area contributed by atoms with Crippen LogP contribution in [0.5, 0.6) is 17.2 Å². The molecular weight excluding hydrogens is 288 g/mol. The van der Waals surface area contributed by atoms with Gasteiger partial charge in [-0.1, -0.05) is 6.92 Å². The van der Waals surface area contributed by atoms with Crippen LogP contribution in [-0.2, 0) is 6.42 Å². The number of benzene rings is 1. The molecule has 3 rings (SSSR count). The summed E-state index contributed by atoms with van der Waals surface area (Å²) in [4.78, 5) is 13.3. The maximum Gasteiger partial charge on any atom is 0.232 e. The smallest absolute Gasteiger partial charge is 0.232 e. The van der Waals surface area contributed by atoms with Crippen molar-refractivity contribution in [3.63, 3.8) is 0 Å². The highest BCUT2D eigenvalue weighted by molar-refractivity contribution is 5.62. The molecule has 2 heterocycles.